The van der Waals surface area contributed by atoms with Gasteiger partial charge in [0.25, 0.3) is 5.91 Å². The van der Waals surface area contributed by atoms with Crippen LogP contribution in [0.25, 0.3) is 0 Å². The highest BCUT2D eigenvalue weighted by Gasteiger charge is 2.19. The van der Waals surface area contributed by atoms with Gasteiger partial charge in [0, 0.05) is 0 Å². The number of carbonyl (C=O) groups excluding carboxylic acids is 1. The van der Waals surface area contributed by atoms with E-state index in [0.717, 1.165) is 32.0 Å². The quantitative estimate of drug-likeness (QED) is 0.906. The zero-order valence-electron chi connectivity index (χ0n) is 11.7. The highest BCUT2D eigenvalue weighted by atomic mass is 19.2. The van der Waals surface area contributed by atoms with Gasteiger partial charge in [-0.25, -0.2) is 13.5 Å². The Bertz CT molecular complexity index is 682. The fourth-order valence-corrected chi connectivity index (χ4v) is 2.42. The van der Waals surface area contributed by atoms with Crippen LogP contribution in [-0.4, -0.2) is 34.0 Å². The van der Waals surface area contributed by atoms with E-state index in [0.29, 0.717) is 0 Å². The van der Waals surface area contributed by atoms with Gasteiger partial charge < -0.3 is 10.6 Å². The monoisotopic (exact) mass is 307 g/mol. The highest BCUT2D eigenvalue weighted by molar-refractivity contribution is 6.02. The van der Waals surface area contributed by atoms with Gasteiger partial charge in [0.15, 0.2) is 17.3 Å². The molecule has 1 amide bonds. The molecule has 0 aliphatic carbocycles. The van der Waals surface area contributed by atoms with Gasteiger partial charge >= 0.3 is 0 Å². The highest BCUT2D eigenvalue weighted by Crippen LogP contribution is 2.19. The van der Waals surface area contributed by atoms with E-state index in [2.05, 4.69) is 20.9 Å². The average molecular weight is 307 g/mol. The summed E-state index contributed by atoms with van der Waals surface area (Å²) in [6.07, 6.45) is 3.34. The summed E-state index contributed by atoms with van der Waals surface area (Å²) in [4.78, 5) is 12.0. The molecule has 8 heteroatoms. The van der Waals surface area contributed by atoms with Crippen molar-refractivity contribution in [3.05, 3.63) is 41.7 Å². The third-order valence-electron chi connectivity index (χ3n) is 3.63. The van der Waals surface area contributed by atoms with Crippen LogP contribution >= 0.6 is 0 Å². The second-order valence-corrected chi connectivity index (χ2v) is 5.12. The van der Waals surface area contributed by atoms with Gasteiger partial charge in [-0.1, -0.05) is 11.3 Å². The molecule has 0 radical (unpaired) electrons. The van der Waals surface area contributed by atoms with E-state index in [1.807, 2.05) is 0 Å². The number of nitrogens with one attached hydrogen (secondary N) is 2. The molecule has 2 N–H and O–H groups in total. The van der Waals surface area contributed by atoms with Crippen molar-refractivity contribution >= 4 is 11.6 Å². The zero-order valence-corrected chi connectivity index (χ0v) is 11.7. The molecule has 3 rings (SSSR count). The molecule has 0 atom stereocenters. The van der Waals surface area contributed by atoms with Crippen molar-refractivity contribution in [2.24, 2.45) is 0 Å². The number of rotatable bonds is 3. The summed E-state index contributed by atoms with van der Waals surface area (Å²) in [5, 5.41) is 13.3. The van der Waals surface area contributed by atoms with Crippen molar-refractivity contribution in [1.29, 1.82) is 0 Å². The Balaban J connectivity index is 1.72. The number of halogens is 2. The largest absolute Gasteiger partial charge is 0.318 e. The Morgan fingerprint density at radius 2 is 2.09 bits per heavy atom. The topological polar surface area (TPSA) is 71.8 Å². The predicted octanol–water partition coefficient (Wildman–Crippen LogP) is 1.73. The molecule has 22 heavy (non-hydrogen) atoms. The number of hydrogen-bond acceptors (Lipinski definition) is 4. The van der Waals surface area contributed by atoms with E-state index in [9.17, 15) is 13.6 Å². The van der Waals surface area contributed by atoms with Crippen LogP contribution in [0.4, 0.5) is 14.5 Å². The van der Waals surface area contributed by atoms with E-state index in [1.165, 1.54) is 18.3 Å². The van der Waals surface area contributed by atoms with Gasteiger partial charge in [0.1, 0.15) is 0 Å². The molecule has 1 aliphatic rings. The third kappa shape index (κ3) is 2.96. The Hall–Kier alpha value is -2.35. The molecule has 1 fully saturated rings. The van der Waals surface area contributed by atoms with E-state index < -0.39 is 17.5 Å². The fraction of sp³-hybridized carbons (Fsp3) is 0.357. The summed E-state index contributed by atoms with van der Waals surface area (Å²) < 4.78 is 28.3. The first-order chi connectivity index (χ1) is 10.6. The maximum Gasteiger partial charge on any atom is 0.277 e. The van der Waals surface area contributed by atoms with Crippen LogP contribution < -0.4 is 10.6 Å². The first-order valence-electron chi connectivity index (χ1n) is 7.03. The Morgan fingerprint density at radius 1 is 1.32 bits per heavy atom. The molecule has 1 aromatic heterocycles. The van der Waals surface area contributed by atoms with E-state index in [-0.39, 0.29) is 17.4 Å². The number of piperidine rings is 1. The number of nitrogens with zero attached hydrogens (tertiary/aromatic N) is 3. The summed E-state index contributed by atoms with van der Waals surface area (Å²) in [7, 11) is 0. The van der Waals surface area contributed by atoms with Crippen LogP contribution in [0, 0.1) is 11.6 Å². The lowest BCUT2D eigenvalue weighted by atomic mass is 10.1. The molecular formula is C14H15F2N5O. The second kappa shape index (κ2) is 6.18. The summed E-state index contributed by atoms with van der Waals surface area (Å²) in [6.45, 7) is 1.78. The van der Waals surface area contributed by atoms with Crippen molar-refractivity contribution in [2.75, 3.05) is 18.4 Å². The first kappa shape index (κ1) is 14.6. The van der Waals surface area contributed by atoms with Gasteiger partial charge in [-0.15, -0.1) is 5.10 Å². The maximum atomic E-state index is 13.5. The van der Waals surface area contributed by atoms with Crippen LogP contribution in [0.3, 0.4) is 0 Å². The van der Waals surface area contributed by atoms with Crippen LogP contribution in [0.5, 0.6) is 0 Å². The Kier molecular flexibility index (Phi) is 4.10. The first-order valence-corrected chi connectivity index (χ1v) is 7.03. The molecule has 0 saturated carbocycles. The average Bonchev–Trinajstić information content (AvgIpc) is 3.03. The third-order valence-corrected chi connectivity index (χ3v) is 3.63. The van der Waals surface area contributed by atoms with Crippen molar-refractivity contribution in [2.45, 2.75) is 18.9 Å². The van der Waals surface area contributed by atoms with Crippen LogP contribution in [-0.2, 0) is 0 Å². The van der Waals surface area contributed by atoms with Crippen molar-refractivity contribution < 1.29 is 13.6 Å². The molecule has 0 unspecified atom stereocenters. The predicted molar refractivity (Wildman–Crippen MR) is 75.5 cm³/mol. The number of carbonyl (C=O) groups is 1. The normalized spacial score (nSPS) is 15.7. The molecule has 2 heterocycles. The standard InChI is InChI=1S/C14H15F2N5O/c15-10-2-1-3-11(13(10)16)18-14(22)12-8-21(20-19-12)9-4-6-17-7-5-9/h1-3,8-9,17H,4-7H2,(H,18,22). The van der Waals surface area contributed by atoms with E-state index >= 15 is 0 Å². The van der Waals surface area contributed by atoms with E-state index in [4.69, 9.17) is 0 Å². The molecule has 1 aromatic carbocycles. The smallest absolute Gasteiger partial charge is 0.277 e. The van der Waals surface area contributed by atoms with Gasteiger partial charge in [-0.05, 0) is 38.1 Å². The Labute approximate surface area is 125 Å². The lowest BCUT2D eigenvalue weighted by Crippen LogP contribution is -2.29. The maximum absolute atomic E-state index is 13.5. The summed E-state index contributed by atoms with van der Waals surface area (Å²) >= 11 is 0. The minimum absolute atomic E-state index is 0.0715. The van der Waals surface area contributed by atoms with Gasteiger partial charge in [0.2, 0.25) is 0 Å². The minimum Gasteiger partial charge on any atom is -0.318 e. The van der Waals surface area contributed by atoms with Crippen LogP contribution in [0.1, 0.15) is 29.4 Å². The number of aromatic nitrogens is 3. The zero-order chi connectivity index (χ0) is 15.5. The number of hydrogen-bond donors (Lipinski definition) is 2. The molecule has 6 nitrogen and oxygen atoms in total. The lowest BCUT2D eigenvalue weighted by Gasteiger charge is -2.22. The molecule has 1 aliphatic heterocycles. The molecule has 2 aromatic rings. The molecule has 0 spiro atoms. The fourth-order valence-electron chi connectivity index (χ4n) is 2.42. The number of benzene rings is 1. The summed E-state index contributed by atoms with van der Waals surface area (Å²) in [5.41, 5.74) is -0.149. The molecule has 116 valence electrons. The summed E-state index contributed by atoms with van der Waals surface area (Å²) in [5.74, 6) is -2.73. The van der Waals surface area contributed by atoms with Gasteiger partial charge in [-0.3, -0.25) is 4.79 Å². The molecule has 0 bridgehead atoms. The molecule has 1 saturated heterocycles. The van der Waals surface area contributed by atoms with Gasteiger partial charge in [0.05, 0.1) is 17.9 Å². The summed E-state index contributed by atoms with van der Waals surface area (Å²) in [6, 6.07) is 3.78. The van der Waals surface area contributed by atoms with Crippen LogP contribution in [0.15, 0.2) is 24.4 Å². The SMILES string of the molecule is O=C(Nc1cccc(F)c1F)c1cn(C2CCNCC2)nn1. The lowest BCUT2D eigenvalue weighted by molar-refractivity contribution is 0.102. The second-order valence-electron chi connectivity index (χ2n) is 5.12. The van der Waals surface area contributed by atoms with Crippen molar-refractivity contribution in [1.82, 2.24) is 20.3 Å². The molecular weight excluding hydrogens is 292 g/mol. The van der Waals surface area contributed by atoms with Gasteiger partial charge in [-0.2, -0.15) is 0 Å². The number of anilines is 1. The van der Waals surface area contributed by atoms with Crippen molar-refractivity contribution in [3.8, 4) is 0 Å². The van der Waals surface area contributed by atoms with E-state index in [1.54, 1.807) is 4.68 Å². The minimum atomic E-state index is -1.10. The van der Waals surface area contributed by atoms with Crippen molar-refractivity contribution in [3.63, 3.8) is 0 Å². The number of amides is 1. The Morgan fingerprint density at radius 3 is 2.86 bits per heavy atom. The van der Waals surface area contributed by atoms with Crippen LogP contribution in [0.2, 0.25) is 0 Å².